The highest BCUT2D eigenvalue weighted by molar-refractivity contribution is 7.99. The van der Waals surface area contributed by atoms with Crippen molar-refractivity contribution in [1.29, 1.82) is 0 Å². The number of hydrogen-bond donors (Lipinski definition) is 2. The van der Waals surface area contributed by atoms with Crippen molar-refractivity contribution in [2.75, 3.05) is 11.5 Å². The molecule has 0 spiro atoms. The minimum Gasteiger partial charge on any atom is -0.506 e. The van der Waals surface area contributed by atoms with Crippen molar-refractivity contribution in [2.45, 2.75) is 24.5 Å². The van der Waals surface area contributed by atoms with Gasteiger partial charge in [-0.15, -0.1) is 0 Å². The van der Waals surface area contributed by atoms with Crippen molar-refractivity contribution < 1.29 is 9.63 Å². The van der Waals surface area contributed by atoms with Crippen LogP contribution in [-0.2, 0) is 0 Å². The molecule has 0 saturated carbocycles. The van der Waals surface area contributed by atoms with Gasteiger partial charge < -0.3 is 15.4 Å². The zero-order valence-electron chi connectivity index (χ0n) is 10.4. The number of nitrogen functional groups attached to an aromatic ring is 1. The van der Waals surface area contributed by atoms with E-state index in [2.05, 4.69) is 10.1 Å². The molecule has 1 aliphatic rings. The van der Waals surface area contributed by atoms with E-state index in [9.17, 15) is 5.11 Å². The number of aromatic hydroxyl groups is 1. The van der Waals surface area contributed by atoms with Gasteiger partial charge in [0.25, 0.3) is 5.89 Å². The zero-order valence-corrected chi connectivity index (χ0v) is 11.2. The van der Waals surface area contributed by atoms with Gasteiger partial charge in [-0.3, -0.25) is 0 Å². The number of hydrogen-bond acceptors (Lipinski definition) is 6. The molecule has 2 heterocycles. The van der Waals surface area contributed by atoms with Crippen molar-refractivity contribution >= 4 is 17.4 Å². The highest BCUT2D eigenvalue weighted by atomic mass is 32.2. The van der Waals surface area contributed by atoms with Crippen LogP contribution in [0.4, 0.5) is 5.69 Å². The van der Waals surface area contributed by atoms with E-state index in [-0.39, 0.29) is 5.75 Å². The Labute approximate surface area is 115 Å². The van der Waals surface area contributed by atoms with Crippen LogP contribution < -0.4 is 5.73 Å². The van der Waals surface area contributed by atoms with Crippen LogP contribution in [0.15, 0.2) is 22.7 Å². The van der Waals surface area contributed by atoms with Crippen LogP contribution in [0.3, 0.4) is 0 Å². The Morgan fingerprint density at radius 1 is 1.37 bits per heavy atom. The highest BCUT2D eigenvalue weighted by Crippen LogP contribution is 2.37. The van der Waals surface area contributed by atoms with Crippen LogP contribution in [0.1, 0.15) is 30.3 Å². The van der Waals surface area contributed by atoms with Gasteiger partial charge in [0.1, 0.15) is 5.75 Å². The van der Waals surface area contributed by atoms with Gasteiger partial charge in [0, 0.05) is 5.56 Å². The molecule has 0 radical (unpaired) electrons. The first-order valence-corrected chi connectivity index (χ1v) is 7.33. The first-order valence-electron chi connectivity index (χ1n) is 6.28. The summed E-state index contributed by atoms with van der Waals surface area (Å²) < 4.78 is 5.29. The van der Waals surface area contributed by atoms with Crippen molar-refractivity contribution in [3.05, 3.63) is 24.0 Å². The predicted octanol–water partition coefficient (Wildman–Crippen LogP) is 2.98. The topological polar surface area (TPSA) is 85.2 Å². The average molecular weight is 277 g/mol. The van der Waals surface area contributed by atoms with Gasteiger partial charge in [-0.05, 0) is 36.8 Å². The standard InChI is InChI=1S/C13H15N3O2S/c14-9-7-8(4-5-10(9)17)13-15-12(16-18-13)11-3-1-2-6-19-11/h4-5,7,11,17H,1-3,6,14H2. The molecule has 19 heavy (non-hydrogen) atoms. The fraction of sp³-hybridized carbons (Fsp3) is 0.385. The lowest BCUT2D eigenvalue weighted by Gasteiger charge is -2.17. The SMILES string of the molecule is Nc1cc(-c2nc(C3CCCCS3)no2)ccc1O. The van der Waals surface area contributed by atoms with Crippen molar-refractivity contribution in [3.63, 3.8) is 0 Å². The summed E-state index contributed by atoms with van der Waals surface area (Å²) in [5, 5.41) is 13.8. The summed E-state index contributed by atoms with van der Waals surface area (Å²) in [5.74, 6) is 2.42. The molecule has 6 heteroatoms. The third-order valence-electron chi connectivity index (χ3n) is 3.18. The number of benzene rings is 1. The normalized spacial score (nSPS) is 19.5. The average Bonchev–Trinajstić information content (AvgIpc) is 2.93. The van der Waals surface area contributed by atoms with Crippen LogP contribution in [0.5, 0.6) is 5.75 Å². The van der Waals surface area contributed by atoms with Crippen molar-refractivity contribution in [1.82, 2.24) is 10.1 Å². The summed E-state index contributed by atoms with van der Waals surface area (Å²) in [6, 6.07) is 4.89. The van der Waals surface area contributed by atoms with E-state index < -0.39 is 0 Å². The minimum absolute atomic E-state index is 0.0614. The lowest BCUT2D eigenvalue weighted by Crippen LogP contribution is -2.03. The zero-order chi connectivity index (χ0) is 13.2. The number of nitrogens with two attached hydrogens (primary N) is 1. The van der Waals surface area contributed by atoms with E-state index >= 15 is 0 Å². The summed E-state index contributed by atoms with van der Waals surface area (Å²) in [6.07, 6.45) is 3.58. The van der Waals surface area contributed by atoms with Crippen LogP contribution in [0, 0.1) is 0 Å². The molecule has 1 atom stereocenters. The second-order valence-electron chi connectivity index (χ2n) is 4.59. The lowest BCUT2D eigenvalue weighted by atomic mass is 10.1. The summed E-state index contributed by atoms with van der Waals surface area (Å²) in [6.45, 7) is 0. The van der Waals surface area contributed by atoms with Gasteiger partial charge in [-0.25, -0.2) is 0 Å². The van der Waals surface area contributed by atoms with Gasteiger partial charge in [0.15, 0.2) is 5.82 Å². The maximum atomic E-state index is 9.40. The van der Waals surface area contributed by atoms with Crippen LogP contribution in [-0.4, -0.2) is 21.0 Å². The van der Waals surface area contributed by atoms with Gasteiger partial charge >= 0.3 is 0 Å². The quantitative estimate of drug-likeness (QED) is 0.648. The van der Waals surface area contributed by atoms with Crippen LogP contribution in [0.25, 0.3) is 11.5 Å². The second-order valence-corrected chi connectivity index (χ2v) is 5.90. The summed E-state index contributed by atoms with van der Waals surface area (Å²) in [7, 11) is 0. The number of phenolic OH excluding ortho intramolecular Hbond substituents is 1. The molecule has 3 N–H and O–H groups in total. The fourth-order valence-electron chi connectivity index (χ4n) is 2.11. The maximum Gasteiger partial charge on any atom is 0.258 e. The summed E-state index contributed by atoms with van der Waals surface area (Å²) in [4.78, 5) is 4.44. The Bertz CT molecular complexity index is 579. The minimum atomic E-state index is 0.0614. The van der Waals surface area contributed by atoms with E-state index in [1.807, 2.05) is 11.8 Å². The van der Waals surface area contributed by atoms with Crippen molar-refractivity contribution in [3.8, 4) is 17.2 Å². The van der Waals surface area contributed by atoms with E-state index in [0.29, 0.717) is 16.8 Å². The first kappa shape index (κ1) is 12.3. The molecule has 0 amide bonds. The number of rotatable bonds is 2. The fourth-order valence-corrected chi connectivity index (χ4v) is 3.35. The number of phenols is 1. The summed E-state index contributed by atoms with van der Waals surface area (Å²) >= 11 is 1.88. The number of aromatic nitrogens is 2. The Morgan fingerprint density at radius 3 is 3.00 bits per heavy atom. The van der Waals surface area contributed by atoms with Crippen molar-refractivity contribution in [2.24, 2.45) is 0 Å². The highest BCUT2D eigenvalue weighted by Gasteiger charge is 2.22. The van der Waals surface area contributed by atoms with E-state index in [0.717, 1.165) is 23.6 Å². The molecule has 0 bridgehead atoms. The smallest absolute Gasteiger partial charge is 0.258 e. The van der Waals surface area contributed by atoms with E-state index in [4.69, 9.17) is 10.3 Å². The van der Waals surface area contributed by atoms with Crippen LogP contribution >= 0.6 is 11.8 Å². The number of anilines is 1. The molecule has 1 aromatic heterocycles. The monoisotopic (exact) mass is 277 g/mol. The third-order valence-corrected chi connectivity index (χ3v) is 4.56. The molecule has 3 rings (SSSR count). The molecule has 100 valence electrons. The number of thioether (sulfide) groups is 1. The van der Waals surface area contributed by atoms with Gasteiger partial charge in [-0.2, -0.15) is 16.7 Å². The predicted molar refractivity (Wildman–Crippen MR) is 74.9 cm³/mol. The van der Waals surface area contributed by atoms with Gasteiger partial charge in [0.2, 0.25) is 0 Å². The largest absolute Gasteiger partial charge is 0.506 e. The van der Waals surface area contributed by atoms with Crippen LogP contribution in [0.2, 0.25) is 0 Å². The molecular weight excluding hydrogens is 262 g/mol. The Kier molecular flexibility index (Phi) is 3.33. The molecule has 1 aromatic carbocycles. The molecule has 2 aromatic rings. The Hall–Kier alpha value is -1.69. The van der Waals surface area contributed by atoms with E-state index in [1.54, 1.807) is 12.1 Å². The number of nitrogens with zero attached hydrogens (tertiary/aromatic N) is 2. The molecule has 0 aliphatic carbocycles. The first-order chi connectivity index (χ1) is 9.24. The molecule has 1 fully saturated rings. The molecule has 1 aliphatic heterocycles. The van der Waals surface area contributed by atoms with Gasteiger partial charge in [0.05, 0.1) is 10.9 Å². The molecule has 1 unspecified atom stereocenters. The Balaban J connectivity index is 1.85. The molecule has 5 nitrogen and oxygen atoms in total. The second kappa shape index (κ2) is 5.13. The van der Waals surface area contributed by atoms with Gasteiger partial charge in [-0.1, -0.05) is 11.6 Å². The molecular formula is C13H15N3O2S. The summed E-state index contributed by atoms with van der Waals surface area (Å²) in [5.41, 5.74) is 6.70. The van der Waals surface area contributed by atoms with E-state index in [1.165, 1.54) is 18.9 Å². The maximum absolute atomic E-state index is 9.40. The lowest BCUT2D eigenvalue weighted by molar-refractivity contribution is 0.420. The third kappa shape index (κ3) is 2.53. The molecule has 1 saturated heterocycles. The Morgan fingerprint density at radius 2 is 2.26 bits per heavy atom.